The molecule has 86 valence electrons. The van der Waals surface area contributed by atoms with Crippen LogP contribution >= 0.6 is 12.4 Å². The molecule has 1 aromatic heterocycles. The quantitative estimate of drug-likeness (QED) is 0.866. The molecule has 0 aliphatic rings. The maximum absolute atomic E-state index is 5.49. The Labute approximate surface area is 99.0 Å². The number of hydrogen-bond acceptors (Lipinski definition) is 5. The number of nitrogen functional groups attached to an aromatic ring is 1. The zero-order valence-corrected chi connectivity index (χ0v) is 9.75. The van der Waals surface area contributed by atoms with E-state index in [1.54, 1.807) is 26.5 Å². The number of anilines is 1. The van der Waals surface area contributed by atoms with Crippen molar-refractivity contribution >= 4 is 29.3 Å². The zero-order chi connectivity index (χ0) is 10.8. The maximum atomic E-state index is 5.49. The summed E-state index contributed by atoms with van der Waals surface area (Å²) in [6.07, 6.45) is 1.65. The van der Waals surface area contributed by atoms with Crippen LogP contribution in [-0.4, -0.2) is 24.2 Å². The number of benzene rings is 1. The van der Waals surface area contributed by atoms with Crippen molar-refractivity contribution in [3.63, 3.8) is 0 Å². The van der Waals surface area contributed by atoms with Crippen LogP contribution in [0, 0.1) is 0 Å². The highest BCUT2D eigenvalue weighted by atomic mass is 35.5. The molecule has 0 saturated heterocycles. The molecular weight excluding hydrogens is 230 g/mol. The Morgan fingerprint density at radius 2 is 1.75 bits per heavy atom. The largest absolute Gasteiger partial charge is 0.493 e. The summed E-state index contributed by atoms with van der Waals surface area (Å²) in [7, 11) is 3.16. The van der Waals surface area contributed by atoms with Crippen LogP contribution in [0.25, 0.3) is 10.9 Å². The molecule has 0 bridgehead atoms. The summed E-state index contributed by atoms with van der Waals surface area (Å²) in [6.45, 7) is 0. The summed E-state index contributed by atoms with van der Waals surface area (Å²) in [5, 5.41) is 0.863. The number of nitrogens with two attached hydrogens (primary N) is 1. The van der Waals surface area contributed by atoms with Crippen molar-refractivity contribution in [2.24, 2.45) is 0 Å². The van der Waals surface area contributed by atoms with E-state index in [9.17, 15) is 0 Å². The third kappa shape index (κ3) is 2.09. The second kappa shape index (κ2) is 4.85. The Hall–Kier alpha value is -1.75. The smallest absolute Gasteiger partial charge is 0.220 e. The Bertz CT molecular complexity index is 505. The Morgan fingerprint density at radius 1 is 1.12 bits per heavy atom. The van der Waals surface area contributed by atoms with Gasteiger partial charge in [-0.15, -0.1) is 12.4 Å². The lowest BCUT2D eigenvalue weighted by Gasteiger charge is -2.08. The standard InChI is InChI=1S/C10H11N3O2.ClH/c1-14-8-3-6-5-12-10(11)13-7(6)4-9(8)15-2;/h3-5H,1-2H3,(H2,11,12,13);1H. The van der Waals surface area contributed by atoms with E-state index in [0.29, 0.717) is 11.5 Å². The fraction of sp³-hybridized carbons (Fsp3) is 0.200. The van der Waals surface area contributed by atoms with Crippen LogP contribution in [0.15, 0.2) is 18.3 Å². The van der Waals surface area contributed by atoms with Crippen molar-refractivity contribution in [2.45, 2.75) is 0 Å². The van der Waals surface area contributed by atoms with Gasteiger partial charge in [0, 0.05) is 17.6 Å². The van der Waals surface area contributed by atoms with E-state index in [4.69, 9.17) is 15.2 Å². The van der Waals surface area contributed by atoms with E-state index in [1.165, 1.54) is 0 Å². The van der Waals surface area contributed by atoms with Crippen molar-refractivity contribution < 1.29 is 9.47 Å². The van der Waals surface area contributed by atoms with Gasteiger partial charge in [-0.3, -0.25) is 0 Å². The second-order valence-electron chi connectivity index (χ2n) is 2.99. The first-order chi connectivity index (χ1) is 7.24. The van der Waals surface area contributed by atoms with E-state index in [-0.39, 0.29) is 18.4 Å². The van der Waals surface area contributed by atoms with E-state index in [0.717, 1.165) is 10.9 Å². The molecule has 0 aliphatic heterocycles. The van der Waals surface area contributed by atoms with Crippen LogP contribution in [-0.2, 0) is 0 Å². The average molecular weight is 242 g/mol. The molecule has 6 heteroatoms. The van der Waals surface area contributed by atoms with Crippen LogP contribution in [0.4, 0.5) is 5.95 Å². The normalized spacial score (nSPS) is 9.62. The monoisotopic (exact) mass is 241 g/mol. The highest BCUT2D eigenvalue weighted by Gasteiger charge is 2.06. The molecule has 0 radical (unpaired) electrons. The summed E-state index contributed by atoms with van der Waals surface area (Å²) >= 11 is 0. The number of aromatic nitrogens is 2. The van der Waals surface area contributed by atoms with E-state index < -0.39 is 0 Å². The summed E-state index contributed by atoms with van der Waals surface area (Å²) in [5.41, 5.74) is 6.23. The lowest BCUT2D eigenvalue weighted by Crippen LogP contribution is -1.96. The number of fused-ring (bicyclic) bond motifs is 1. The first-order valence-corrected chi connectivity index (χ1v) is 4.39. The van der Waals surface area contributed by atoms with Crippen molar-refractivity contribution in [3.05, 3.63) is 18.3 Å². The predicted molar refractivity (Wildman–Crippen MR) is 64.3 cm³/mol. The first-order valence-electron chi connectivity index (χ1n) is 4.39. The predicted octanol–water partition coefficient (Wildman–Crippen LogP) is 1.65. The van der Waals surface area contributed by atoms with Gasteiger partial charge in [0.2, 0.25) is 5.95 Å². The van der Waals surface area contributed by atoms with Gasteiger partial charge in [-0.2, -0.15) is 0 Å². The number of rotatable bonds is 2. The van der Waals surface area contributed by atoms with Gasteiger partial charge in [0.15, 0.2) is 11.5 Å². The molecular formula is C10H12ClN3O2. The molecule has 0 aliphatic carbocycles. The Morgan fingerprint density at radius 3 is 2.38 bits per heavy atom. The highest BCUT2D eigenvalue weighted by Crippen LogP contribution is 2.30. The molecule has 2 aromatic rings. The molecule has 2 N–H and O–H groups in total. The van der Waals surface area contributed by atoms with Crippen molar-refractivity contribution in [1.82, 2.24) is 9.97 Å². The number of halogens is 1. The van der Waals surface area contributed by atoms with E-state index in [1.807, 2.05) is 6.07 Å². The number of ether oxygens (including phenoxy) is 2. The minimum absolute atomic E-state index is 0. The van der Waals surface area contributed by atoms with Gasteiger partial charge in [0.1, 0.15) is 0 Å². The minimum atomic E-state index is 0. The van der Waals surface area contributed by atoms with Crippen molar-refractivity contribution in [1.29, 1.82) is 0 Å². The van der Waals surface area contributed by atoms with Crippen LogP contribution in [0.5, 0.6) is 11.5 Å². The summed E-state index contributed by atoms with van der Waals surface area (Å²) in [4.78, 5) is 8.00. The first kappa shape index (κ1) is 12.3. The molecule has 16 heavy (non-hydrogen) atoms. The third-order valence-corrected chi connectivity index (χ3v) is 2.10. The highest BCUT2D eigenvalue weighted by molar-refractivity contribution is 5.85. The average Bonchev–Trinajstić information content (AvgIpc) is 2.27. The molecule has 0 saturated carbocycles. The van der Waals surface area contributed by atoms with Crippen molar-refractivity contribution in [3.8, 4) is 11.5 Å². The SMILES string of the molecule is COc1cc2cnc(N)nc2cc1OC.Cl. The number of methoxy groups -OCH3 is 2. The topological polar surface area (TPSA) is 70.3 Å². The fourth-order valence-corrected chi connectivity index (χ4v) is 1.37. The van der Waals surface area contributed by atoms with Crippen LogP contribution in [0.3, 0.4) is 0 Å². The van der Waals surface area contributed by atoms with Crippen LogP contribution in [0.2, 0.25) is 0 Å². The van der Waals surface area contributed by atoms with E-state index in [2.05, 4.69) is 9.97 Å². The zero-order valence-electron chi connectivity index (χ0n) is 8.93. The molecule has 2 rings (SSSR count). The molecule has 0 spiro atoms. The van der Waals surface area contributed by atoms with Gasteiger partial charge in [-0.25, -0.2) is 9.97 Å². The molecule has 5 nitrogen and oxygen atoms in total. The van der Waals surface area contributed by atoms with E-state index >= 15 is 0 Å². The molecule has 0 fully saturated rings. The summed E-state index contributed by atoms with van der Waals surface area (Å²) in [5.74, 6) is 1.52. The lowest BCUT2D eigenvalue weighted by molar-refractivity contribution is 0.356. The Kier molecular flexibility index (Phi) is 3.73. The maximum Gasteiger partial charge on any atom is 0.220 e. The van der Waals surface area contributed by atoms with Gasteiger partial charge >= 0.3 is 0 Å². The molecule has 0 amide bonds. The van der Waals surface area contributed by atoms with Gasteiger partial charge < -0.3 is 15.2 Å². The van der Waals surface area contributed by atoms with Crippen LogP contribution < -0.4 is 15.2 Å². The molecule has 1 aromatic carbocycles. The number of nitrogens with zero attached hydrogens (tertiary/aromatic N) is 2. The van der Waals surface area contributed by atoms with Gasteiger partial charge in [0.25, 0.3) is 0 Å². The fourth-order valence-electron chi connectivity index (χ4n) is 1.37. The minimum Gasteiger partial charge on any atom is -0.493 e. The lowest BCUT2D eigenvalue weighted by atomic mass is 10.2. The van der Waals surface area contributed by atoms with Gasteiger partial charge in [-0.1, -0.05) is 0 Å². The van der Waals surface area contributed by atoms with Crippen molar-refractivity contribution in [2.75, 3.05) is 20.0 Å². The van der Waals surface area contributed by atoms with Gasteiger partial charge in [0.05, 0.1) is 19.7 Å². The third-order valence-electron chi connectivity index (χ3n) is 2.10. The number of hydrogen-bond donors (Lipinski definition) is 1. The van der Waals surface area contributed by atoms with Gasteiger partial charge in [-0.05, 0) is 6.07 Å². The second-order valence-corrected chi connectivity index (χ2v) is 2.99. The molecule has 1 heterocycles. The summed E-state index contributed by atoms with van der Waals surface area (Å²) in [6, 6.07) is 3.58. The summed E-state index contributed by atoms with van der Waals surface area (Å²) < 4.78 is 10.3. The Balaban J connectivity index is 0.00000128. The molecule has 0 atom stereocenters. The van der Waals surface area contributed by atoms with Crippen LogP contribution in [0.1, 0.15) is 0 Å². The molecule has 0 unspecified atom stereocenters.